The number of benzene rings is 3. The third-order valence-corrected chi connectivity index (χ3v) is 6.26. The first kappa shape index (κ1) is 23.3. The van der Waals surface area contributed by atoms with Crippen molar-refractivity contribution in [2.75, 3.05) is 17.3 Å². The Morgan fingerprint density at radius 3 is 2.38 bits per heavy atom. The minimum Gasteiger partial charge on any atom is -0.495 e. The summed E-state index contributed by atoms with van der Waals surface area (Å²) in [6.07, 6.45) is 1.32. The Morgan fingerprint density at radius 1 is 1.03 bits per heavy atom. The van der Waals surface area contributed by atoms with E-state index in [0.717, 1.165) is 12.1 Å². The topological polar surface area (TPSA) is 123 Å². The van der Waals surface area contributed by atoms with Gasteiger partial charge >= 0.3 is 0 Å². The molecule has 3 aromatic carbocycles. The quantitative estimate of drug-likeness (QED) is 0.253. The molecule has 166 valence electrons. The van der Waals surface area contributed by atoms with Crippen molar-refractivity contribution in [3.8, 4) is 5.75 Å². The number of nitrogens with zero attached hydrogens (tertiary/aromatic N) is 2. The maximum atomic E-state index is 13.1. The second-order valence-electron chi connectivity index (χ2n) is 6.25. The van der Waals surface area contributed by atoms with Gasteiger partial charge in [0.05, 0.1) is 39.7 Å². The van der Waals surface area contributed by atoms with Gasteiger partial charge in [0.1, 0.15) is 10.6 Å². The lowest BCUT2D eigenvalue weighted by Gasteiger charge is -2.14. The van der Waals surface area contributed by atoms with E-state index in [1.165, 1.54) is 25.5 Å². The van der Waals surface area contributed by atoms with Crippen LogP contribution in [0.5, 0.6) is 5.75 Å². The average Bonchev–Trinajstić information content (AvgIpc) is 2.76. The van der Waals surface area contributed by atoms with Crippen LogP contribution in [0.4, 0.5) is 17.1 Å². The molecule has 2 N–H and O–H groups in total. The van der Waals surface area contributed by atoms with Crippen LogP contribution in [0.3, 0.4) is 0 Å². The number of nitrogens with one attached hydrogen (secondary N) is 2. The van der Waals surface area contributed by atoms with Crippen molar-refractivity contribution in [1.29, 1.82) is 0 Å². The Bertz CT molecular complexity index is 1280. The van der Waals surface area contributed by atoms with E-state index in [1.54, 1.807) is 36.4 Å². The molecule has 0 aliphatic carbocycles. The number of rotatable bonds is 8. The van der Waals surface area contributed by atoms with Crippen molar-refractivity contribution in [2.24, 2.45) is 5.10 Å². The maximum Gasteiger partial charge on any atom is 0.270 e. The highest BCUT2D eigenvalue weighted by molar-refractivity contribution is 7.93. The SMILES string of the molecule is COc1ccccc1NS(=O)(=O)c1cc([N+](=O)[O-])ccc1N/N=C/c1c(Cl)cccc1Cl. The van der Waals surface area contributed by atoms with Crippen LogP contribution < -0.4 is 14.9 Å². The fourth-order valence-corrected chi connectivity index (χ4v) is 4.41. The lowest BCUT2D eigenvalue weighted by molar-refractivity contribution is -0.385. The van der Waals surface area contributed by atoms with Crippen LogP contribution in [-0.4, -0.2) is 26.7 Å². The molecule has 0 amide bonds. The number of para-hydroxylation sites is 2. The number of halogens is 2. The van der Waals surface area contributed by atoms with Crippen LogP contribution in [0.2, 0.25) is 10.0 Å². The fraction of sp³-hybridized carbons (Fsp3) is 0.0500. The number of anilines is 2. The van der Waals surface area contributed by atoms with Crippen molar-refractivity contribution in [2.45, 2.75) is 4.90 Å². The lowest BCUT2D eigenvalue weighted by Crippen LogP contribution is -2.15. The van der Waals surface area contributed by atoms with Gasteiger partial charge in [-0.2, -0.15) is 5.10 Å². The first-order valence-corrected chi connectivity index (χ1v) is 11.1. The van der Waals surface area contributed by atoms with E-state index in [1.807, 2.05) is 0 Å². The first-order chi connectivity index (χ1) is 15.2. The number of hydrogen-bond acceptors (Lipinski definition) is 7. The Morgan fingerprint density at radius 2 is 1.72 bits per heavy atom. The molecule has 0 aliphatic rings. The van der Waals surface area contributed by atoms with Gasteiger partial charge in [0.15, 0.2) is 0 Å². The smallest absolute Gasteiger partial charge is 0.270 e. The molecule has 0 unspecified atom stereocenters. The summed E-state index contributed by atoms with van der Waals surface area (Å²) in [6, 6.07) is 14.6. The maximum absolute atomic E-state index is 13.1. The summed E-state index contributed by atoms with van der Waals surface area (Å²) in [5, 5.41) is 15.9. The summed E-state index contributed by atoms with van der Waals surface area (Å²) in [5.41, 5.74) is 2.76. The van der Waals surface area contributed by atoms with E-state index in [-0.39, 0.29) is 22.0 Å². The lowest BCUT2D eigenvalue weighted by atomic mass is 10.2. The molecular weight excluding hydrogens is 479 g/mol. The van der Waals surface area contributed by atoms with Gasteiger partial charge in [-0.1, -0.05) is 41.4 Å². The van der Waals surface area contributed by atoms with Crippen LogP contribution in [0.25, 0.3) is 0 Å². The van der Waals surface area contributed by atoms with Gasteiger partial charge in [-0.25, -0.2) is 8.42 Å². The van der Waals surface area contributed by atoms with Crippen molar-refractivity contribution in [3.05, 3.63) is 86.4 Å². The average molecular weight is 495 g/mol. The van der Waals surface area contributed by atoms with E-state index >= 15 is 0 Å². The van der Waals surface area contributed by atoms with Gasteiger partial charge in [0.25, 0.3) is 15.7 Å². The van der Waals surface area contributed by atoms with Crippen LogP contribution in [-0.2, 0) is 10.0 Å². The molecule has 3 aromatic rings. The summed E-state index contributed by atoms with van der Waals surface area (Å²) >= 11 is 12.2. The van der Waals surface area contributed by atoms with Crippen molar-refractivity contribution in [1.82, 2.24) is 0 Å². The van der Waals surface area contributed by atoms with Gasteiger partial charge in [0, 0.05) is 17.7 Å². The molecule has 0 spiro atoms. The summed E-state index contributed by atoms with van der Waals surface area (Å²) in [5.74, 6) is 0.280. The third kappa shape index (κ3) is 5.28. The summed E-state index contributed by atoms with van der Waals surface area (Å²) in [6.45, 7) is 0. The standard InChI is InChI=1S/C20H16Cl2N4O5S/c1-31-19-8-3-2-7-17(19)25-32(29,30)20-11-13(26(27)28)9-10-18(20)24-23-12-14-15(21)5-4-6-16(14)22/h2-12,24-25H,1H3/b23-12+. The molecule has 3 rings (SSSR count). The van der Waals surface area contributed by atoms with Crippen LogP contribution in [0.1, 0.15) is 5.56 Å². The van der Waals surface area contributed by atoms with E-state index < -0.39 is 20.6 Å². The molecular formula is C20H16Cl2N4O5S. The number of ether oxygens (including phenoxy) is 1. The molecule has 12 heteroatoms. The highest BCUT2D eigenvalue weighted by atomic mass is 35.5. The Hall–Kier alpha value is -3.34. The molecule has 0 atom stereocenters. The molecule has 0 bridgehead atoms. The van der Waals surface area contributed by atoms with Crippen LogP contribution >= 0.6 is 23.2 Å². The second kappa shape index (κ2) is 9.86. The number of non-ortho nitro benzene ring substituents is 1. The molecule has 32 heavy (non-hydrogen) atoms. The minimum atomic E-state index is -4.27. The van der Waals surface area contributed by atoms with Gasteiger partial charge in [-0.3, -0.25) is 20.3 Å². The zero-order valence-electron chi connectivity index (χ0n) is 16.5. The monoisotopic (exact) mass is 494 g/mol. The molecule has 0 saturated heterocycles. The molecule has 0 heterocycles. The van der Waals surface area contributed by atoms with Crippen molar-refractivity contribution < 1.29 is 18.1 Å². The number of nitro groups is 1. The Labute approximate surface area is 193 Å². The second-order valence-corrected chi connectivity index (χ2v) is 8.71. The number of methoxy groups -OCH3 is 1. The van der Waals surface area contributed by atoms with Gasteiger partial charge < -0.3 is 4.74 Å². The van der Waals surface area contributed by atoms with E-state index in [2.05, 4.69) is 15.2 Å². The highest BCUT2D eigenvalue weighted by Crippen LogP contribution is 2.31. The minimum absolute atomic E-state index is 0.00239. The van der Waals surface area contributed by atoms with Gasteiger partial charge in [-0.05, 0) is 30.3 Å². The molecule has 0 aliphatic heterocycles. The normalized spacial score (nSPS) is 11.3. The van der Waals surface area contributed by atoms with E-state index in [0.29, 0.717) is 15.6 Å². The zero-order valence-corrected chi connectivity index (χ0v) is 18.8. The van der Waals surface area contributed by atoms with Crippen LogP contribution in [0.15, 0.2) is 70.7 Å². The molecule has 0 radical (unpaired) electrons. The summed E-state index contributed by atoms with van der Waals surface area (Å²) in [7, 11) is -2.88. The molecule has 0 aromatic heterocycles. The van der Waals surface area contributed by atoms with Crippen LogP contribution in [0, 0.1) is 10.1 Å². The third-order valence-electron chi connectivity index (χ3n) is 4.20. The van der Waals surface area contributed by atoms with Gasteiger partial charge in [0.2, 0.25) is 0 Å². The molecule has 9 nitrogen and oxygen atoms in total. The van der Waals surface area contributed by atoms with Crippen molar-refractivity contribution >= 4 is 56.5 Å². The van der Waals surface area contributed by atoms with E-state index in [4.69, 9.17) is 27.9 Å². The summed E-state index contributed by atoms with van der Waals surface area (Å²) in [4.78, 5) is 10.1. The Balaban J connectivity index is 1.99. The predicted octanol–water partition coefficient (Wildman–Crippen LogP) is 5.16. The highest BCUT2D eigenvalue weighted by Gasteiger charge is 2.23. The Kier molecular flexibility index (Phi) is 7.18. The number of nitro benzene ring substituents is 1. The number of hydrogen-bond donors (Lipinski definition) is 2. The number of hydrazone groups is 1. The first-order valence-electron chi connectivity index (χ1n) is 8.90. The fourth-order valence-electron chi connectivity index (χ4n) is 2.67. The largest absolute Gasteiger partial charge is 0.495 e. The zero-order chi connectivity index (χ0) is 23.3. The summed E-state index contributed by atoms with van der Waals surface area (Å²) < 4.78 is 33.7. The van der Waals surface area contributed by atoms with Gasteiger partial charge in [-0.15, -0.1) is 0 Å². The number of sulfonamides is 1. The van der Waals surface area contributed by atoms with Crippen molar-refractivity contribution in [3.63, 3.8) is 0 Å². The van der Waals surface area contributed by atoms with E-state index in [9.17, 15) is 18.5 Å². The molecule has 0 fully saturated rings. The molecule has 0 saturated carbocycles. The predicted molar refractivity (Wildman–Crippen MR) is 125 cm³/mol.